The molecule has 10 heteroatoms. The molecule has 0 spiro atoms. The van der Waals surface area contributed by atoms with Crippen molar-refractivity contribution < 1.29 is 16.8 Å². The second-order valence-electron chi connectivity index (χ2n) is 5.67. The van der Waals surface area contributed by atoms with E-state index in [1.54, 1.807) is 0 Å². The molecule has 1 unspecified atom stereocenters. The summed E-state index contributed by atoms with van der Waals surface area (Å²) in [5, 5.41) is 13.8. The zero-order valence-corrected chi connectivity index (χ0v) is 14.9. The summed E-state index contributed by atoms with van der Waals surface area (Å²) in [6.45, 7) is 3.71. The summed E-state index contributed by atoms with van der Waals surface area (Å²) in [5.74, 6) is 0. The topological polar surface area (TPSA) is 125 Å². The molecule has 0 bridgehead atoms. The first-order valence-corrected chi connectivity index (χ1v) is 10.4. The molecule has 0 aliphatic carbocycles. The molecule has 2 N–H and O–H groups in total. The summed E-state index contributed by atoms with van der Waals surface area (Å²) < 4.78 is 49.1. The van der Waals surface area contributed by atoms with Crippen LogP contribution < -0.4 is 5.14 Å². The van der Waals surface area contributed by atoms with Gasteiger partial charge in [0.25, 0.3) is 0 Å². The molecule has 2 rings (SSSR count). The molecule has 132 valence electrons. The van der Waals surface area contributed by atoms with Gasteiger partial charge in [0.1, 0.15) is 0 Å². The molecule has 0 aromatic heterocycles. The highest BCUT2D eigenvalue weighted by atomic mass is 32.2. The third-order valence-electron chi connectivity index (χ3n) is 4.07. The number of hydrogen-bond acceptors (Lipinski definition) is 6. The van der Waals surface area contributed by atoms with Crippen LogP contribution in [0.2, 0.25) is 0 Å². The van der Waals surface area contributed by atoms with Crippen molar-refractivity contribution in [1.82, 2.24) is 9.21 Å². The van der Waals surface area contributed by atoms with Crippen molar-refractivity contribution in [2.24, 2.45) is 5.14 Å². The number of nitrogens with two attached hydrogens (primary N) is 1. The predicted octanol–water partition coefficient (Wildman–Crippen LogP) is -0.0575. The fourth-order valence-electron chi connectivity index (χ4n) is 2.60. The fourth-order valence-corrected chi connectivity index (χ4v) is 4.53. The Bertz CT molecular complexity index is 821. The van der Waals surface area contributed by atoms with Gasteiger partial charge in [-0.1, -0.05) is 0 Å². The lowest BCUT2D eigenvalue weighted by molar-refractivity contribution is 0.147. The largest absolute Gasteiger partial charge is 0.297 e. The molecule has 1 saturated heterocycles. The summed E-state index contributed by atoms with van der Waals surface area (Å²) >= 11 is 0. The third-order valence-corrected chi connectivity index (χ3v) is 6.92. The van der Waals surface area contributed by atoms with Crippen LogP contribution in [0.1, 0.15) is 13.3 Å². The van der Waals surface area contributed by atoms with Gasteiger partial charge in [0.15, 0.2) is 0 Å². The van der Waals surface area contributed by atoms with Crippen LogP contribution in [0.4, 0.5) is 0 Å². The van der Waals surface area contributed by atoms with Crippen molar-refractivity contribution in [2.75, 3.05) is 26.2 Å². The predicted molar refractivity (Wildman–Crippen MR) is 87.8 cm³/mol. The normalized spacial score (nSPS) is 18.9. The molecule has 1 aliphatic rings. The van der Waals surface area contributed by atoms with Gasteiger partial charge in [-0.25, -0.2) is 22.0 Å². The van der Waals surface area contributed by atoms with Gasteiger partial charge in [-0.3, -0.25) is 4.90 Å². The first-order chi connectivity index (χ1) is 11.2. The van der Waals surface area contributed by atoms with E-state index in [1.165, 1.54) is 28.6 Å². The minimum absolute atomic E-state index is 0.0356. The van der Waals surface area contributed by atoms with Crippen LogP contribution in [-0.2, 0) is 20.0 Å². The molecule has 0 saturated carbocycles. The van der Waals surface area contributed by atoms with Crippen LogP contribution in [0.15, 0.2) is 34.1 Å². The molecular weight excluding hydrogens is 352 g/mol. The van der Waals surface area contributed by atoms with Gasteiger partial charge in [0.2, 0.25) is 20.0 Å². The van der Waals surface area contributed by atoms with Crippen molar-refractivity contribution in [3.8, 4) is 6.07 Å². The number of sulfonamides is 2. The minimum Gasteiger partial charge on any atom is -0.297 e. The summed E-state index contributed by atoms with van der Waals surface area (Å²) in [6.07, 6.45) is 0.405. The van der Waals surface area contributed by atoms with E-state index >= 15 is 0 Å². The molecule has 0 radical (unpaired) electrons. The summed E-state index contributed by atoms with van der Waals surface area (Å²) in [4.78, 5) is 1.99. The number of piperazine rings is 1. The number of primary sulfonamides is 1. The van der Waals surface area contributed by atoms with E-state index in [2.05, 4.69) is 11.0 Å². The van der Waals surface area contributed by atoms with E-state index < -0.39 is 20.0 Å². The Hall–Kier alpha value is -1.51. The van der Waals surface area contributed by atoms with E-state index in [4.69, 9.17) is 10.4 Å². The molecular formula is C14H20N4O4S2. The Kier molecular flexibility index (Phi) is 5.62. The van der Waals surface area contributed by atoms with Gasteiger partial charge in [-0.2, -0.15) is 9.57 Å². The first-order valence-electron chi connectivity index (χ1n) is 7.40. The average molecular weight is 372 g/mol. The van der Waals surface area contributed by atoms with Crippen molar-refractivity contribution in [3.63, 3.8) is 0 Å². The lowest BCUT2D eigenvalue weighted by atomic mass is 10.2. The molecule has 1 fully saturated rings. The fraction of sp³-hybridized carbons (Fsp3) is 0.500. The van der Waals surface area contributed by atoms with Gasteiger partial charge in [-0.15, -0.1) is 0 Å². The number of rotatable bonds is 5. The smallest absolute Gasteiger partial charge is 0.243 e. The molecule has 1 atom stereocenters. The minimum atomic E-state index is -3.85. The van der Waals surface area contributed by atoms with Crippen LogP contribution in [-0.4, -0.2) is 58.3 Å². The van der Waals surface area contributed by atoms with Crippen LogP contribution in [0.25, 0.3) is 0 Å². The highest BCUT2D eigenvalue weighted by Crippen LogP contribution is 2.20. The molecule has 24 heavy (non-hydrogen) atoms. The number of hydrogen-bond donors (Lipinski definition) is 1. The summed E-state index contributed by atoms with van der Waals surface area (Å²) in [5.41, 5.74) is 0. The molecule has 1 aromatic carbocycles. The van der Waals surface area contributed by atoms with Crippen molar-refractivity contribution in [2.45, 2.75) is 29.2 Å². The van der Waals surface area contributed by atoms with Gasteiger partial charge in [0, 0.05) is 32.2 Å². The zero-order valence-electron chi connectivity index (χ0n) is 13.3. The van der Waals surface area contributed by atoms with Crippen LogP contribution in [0.5, 0.6) is 0 Å². The van der Waals surface area contributed by atoms with Crippen LogP contribution in [0, 0.1) is 11.3 Å². The Labute approximate surface area is 142 Å². The first kappa shape index (κ1) is 18.8. The van der Waals surface area contributed by atoms with Crippen molar-refractivity contribution >= 4 is 20.0 Å². The Morgan fingerprint density at radius 2 is 1.58 bits per heavy atom. The monoisotopic (exact) mass is 372 g/mol. The van der Waals surface area contributed by atoms with E-state index in [9.17, 15) is 16.8 Å². The van der Waals surface area contributed by atoms with E-state index in [-0.39, 0.29) is 15.8 Å². The lowest BCUT2D eigenvalue weighted by Crippen LogP contribution is -2.51. The van der Waals surface area contributed by atoms with Crippen molar-refractivity contribution in [3.05, 3.63) is 24.3 Å². The SMILES string of the molecule is CC(CC#N)N1CCN(S(=O)(=O)c2ccc(S(N)(=O)=O)cc2)CC1. The Balaban J connectivity index is 2.11. The van der Waals surface area contributed by atoms with E-state index in [0.29, 0.717) is 32.6 Å². The molecule has 1 heterocycles. The summed E-state index contributed by atoms with van der Waals surface area (Å²) in [6, 6.07) is 7.08. The summed E-state index contributed by atoms with van der Waals surface area (Å²) in [7, 11) is -7.53. The Morgan fingerprint density at radius 1 is 1.08 bits per heavy atom. The second kappa shape index (κ2) is 7.16. The van der Waals surface area contributed by atoms with Gasteiger partial charge >= 0.3 is 0 Å². The maximum atomic E-state index is 12.6. The highest BCUT2D eigenvalue weighted by Gasteiger charge is 2.30. The molecule has 1 aromatic rings. The third kappa shape index (κ3) is 4.12. The average Bonchev–Trinajstić information content (AvgIpc) is 2.54. The van der Waals surface area contributed by atoms with Gasteiger partial charge in [-0.05, 0) is 31.2 Å². The van der Waals surface area contributed by atoms with E-state index in [1.807, 2.05) is 6.92 Å². The van der Waals surface area contributed by atoms with Crippen LogP contribution >= 0.6 is 0 Å². The lowest BCUT2D eigenvalue weighted by Gasteiger charge is -2.36. The Morgan fingerprint density at radius 3 is 2.04 bits per heavy atom. The maximum Gasteiger partial charge on any atom is 0.243 e. The zero-order chi connectivity index (χ0) is 18.0. The highest BCUT2D eigenvalue weighted by molar-refractivity contribution is 7.89. The number of nitriles is 1. The van der Waals surface area contributed by atoms with Crippen LogP contribution in [0.3, 0.4) is 0 Å². The quantitative estimate of drug-likeness (QED) is 0.772. The number of benzene rings is 1. The maximum absolute atomic E-state index is 12.6. The van der Waals surface area contributed by atoms with Crippen molar-refractivity contribution in [1.29, 1.82) is 5.26 Å². The standard InChI is InChI=1S/C14H20N4O4S2/c1-12(6-7-15)17-8-10-18(11-9-17)24(21,22)14-4-2-13(3-5-14)23(16,19)20/h2-5,12H,6,8-11H2,1H3,(H2,16,19,20). The second-order valence-corrected chi connectivity index (χ2v) is 9.17. The number of nitrogens with zero attached hydrogens (tertiary/aromatic N) is 3. The van der Waals surface area contributed by atoms with E-state index in [0.717, 1.165) is 0 Å². The molecule has 1 aliphatic heterocycles. The van der Waals surface area contributed by atoms with Gasteiger partial charge < -0.3 is 0 Å². The molecule has 0 amide bonds. The molecule has 8 nitrogen and oxygen atoms in total. The van der Waals surface area contributed by atoms with Gasteiger partial charge in [0.05, 0.1) is 22.3 Å².